The first-order valence-corrected chi connectivity index (χ1v) is 11.1. The molecule has 6 nitrogen and oxygen atoms in total. The molecular formula is C26H22F3N3O3. The van der Waals surface area contributed by atoms with E-state index in [0.29, 0.717) is 0 Å². The van der Waals surface area contributed by atoms with Gasteiger partial charge in [0.15, 0.2) is 0 Å². The minimum Gasteiger partial charge on any atom is -0.394 e. The van der Waals surface area contributed by atoms with Crippen molar-refractivity contribution in [1.29, 1.82) is 0 Å². The van der Waals surface area contributed by atoms with E-state index < -0.39 is 23.7 Å². The first-order chi connectivity index (χ1) is 16.9. The van der Waals surface area contributed by atoms with E-state index in [-0.39, 0.29) is 49.1 Å². The van der Waals surface area contributed by atoms with Crippen LogP contribution in [0.15, 0.2) is 66.7 Å². The van der Waals surface area contributed by atoms with Crippen LogP contribution in [-0.4, -0.2) is 58.6 Å². The summed E-state index contributed by atoms with van der Waals surface area (Å²) in [5.74, 6) is -2.38. The molecule has 2 aliphatic heterocycles. The lowest BCUT2D eigenvalue weighted by molar-refractivity contribution is -0.159. The van der Waals surface area contributed by atoms with Crippen LogP contribution in [0.5, 0.6) is 0 Å². The third-order valence-electron chi connectivity index (χ3n) is 6.66. The molecule has 35 heavy (non-hydrogen) atoms. The molecule has 3 atom stereocenters. The highest BCUT2D eigenvalue weighted by molar-refractivity contribution is 5.94. The summed E-state index contributed by atoms with van der Waals surface area (Å²) in [5.41, 5.74) is 2.11. The maximum Gasteiger partial charge on any atom is 0.322 e. The second-order valence-corrected chi connectivity index (χ2v) is 8.71. The Morgan fingerprint density at radius 1 is 0.971 bits per heavy atom. The van der Waals surface area contributed by atoms with Gasteiger partial charge in [0.1, 0.15) is 24.0 Å². The normalized spacial score (nSPS) is 21.4. The first-order valence-electron chi connectivity index (χ1n) is 11.1. The fourth-order valence-corrected chi connectivity index (χ4v) is 5.01. The van der Waals surface area contributed by atoms with Crippen LogP contribution in [0.4, 0.5) is 23.7 Å². The van der Waals surface area contributed by atoms with Crippen molar-refractivity contribution in [3.63, 3.8) is 0 Å². The van der Waals surface area contributed by atoms with Gasteiger partial charge in [-0.2, -0.15) is 0 Å². The number of hydrogen-bond donors (Lipinski definition) is 2. The van der Waals surface area contributed by atoms with E-state index in [1.807, 2.05) is 24.3 Å². The van der Waals surface area contributed by atoms with E-state index in [0.717, 1.165) is 34.9 Å². The maximum atomic E-state index is 14.0. The molecule has 0 bridgehead atoms. The number of nitrogens with one attached hydrogen (secondary N) is 1. The molecule has 0 unspecified atom stereocenters. The second kappa shape index (κ2) is 9.07. The van der Waals surface area contributed by atoms with Crippen LogP contribution >= 0.6 is 0 Å². The number of aliphatic hydroxyl groups excluding tert-OH is 1. The lowest BCUT2D eigenvalue weighted by Crippen LogP contribution is -2.73. The van der Waals surface area contributed by atoms with Gasteiger partial charge in [0.2, 0.25) is 5.91 Å². The average molecular weight is 481 g/mol. The van der Waals surface area contributed by atoms with Crippen LogP contribution in [-0.2, 0) is 4.79 Å². The average Bonchev–Trinajstić information content (AvgIpc) is 2.83. The molecule has 0 spiro atoms. The number of urea groups is 1. The number of benzene rings is 3. The lowest BCUT2D eigenvalue weighted by atomic mass is 9.73. The number of carbonyl (C=O) groups is 2. The van der Waals surface area contributed by atoms with E-state index in [1.165, 1.54) is 17.0 Å². The van der Waals surface area contributed by atoms with Crippen molar-refractivity contribution in [2.24, 2.45) is 0 Å². The van der Waals surface area contributed by atoms with Crippen LogP contribution in [0, 0.1) is 17.5 Å². The molecule has 2 heterocycles. The molecule has 3 aromatic carbocycles. The lowest BCUT2D eigenvalue weighted by Gasteiger charge is -2.58. The van der Waals surface area contributed by atoms with Gasteiger partial charge in [0, 0.05) is 18.5 Å². The molecule has 0 aromatic heterocycles. The van der Waals surface area contributed by atoms with E-state index in [4.69, 9.17) is 0 Å². The molecule has 9 heteroatoms. The number of nitrogens with zero attached hydrogens (tertiary/aromatic N) is 2. The number of hydrogen-bond acceptors (Lipinski definition) is 3. The van der Waals surface area contributed by atoms with E-state index >= 15 is 0 Å². The van der Waals surface area contributed by atoms with Gasteiger partial charge < -0.3 is 20.2 Å². The molecule has 3 amide bonds. The topological polar surface area (TPSA) is 72.9 Å². The van der Waals surface area contributed by atoms with Crippen molar-refractivity contribution < 1.29 is 27.9 Å². The van der Waals surface area contributed by atoms with Gasteiger partial charge in [-0.25, -0.2) is 18.0 Å². The van der Waals surface area contributed by atoms with Crippen molar-refractivity contribution in [1.82, 2.24) is 9.80 Å². The summed E-state index contributed by atoms with van der Waals surface area (Å²) in [6.45, 7) is -0.304. The van der Waals surface area contributed by atoms with Gasteiger partial charge in [0.25, 0.3) is 0 Å². The van der Waals surface area contributed by atoms with E-state index in [9.17, 15) is 27.9 Å². The Hall–Kier alpha value is -3.85. The second-order valence-electron chi connectivity index (χ2n) is 8.71. The maximum absolute atomic E-state index is 14.0. The number of rotatable bonds is 4. The minimum atomic E-state index is -0.787. The fraction of sp³-hybridized carbons (Fsp3) is 0.231. The molecular weight excluding hydrogens is 459 g/mol. The molecule has 2 aliphatic rings. The Balaban J connectivity index is 1.35. The summed E-state index contributed by atoms with van der Waals surface area (Å²) in [6, 6.07) is 14.9. The van der Waals surface area contributed by atoms with Crippen molar-refractivity contribution >= 4 is 17.6 Å². The molecule has 3 aromatic rings. The number of piperazine rings is 1. The molecule has 180 valence electrons. The number of anilines is 1. The number of fused-ring (bicyclic) bond motifs is 1. The van der Waals surface area contributed by atoms with Gasteiger partial charge in [-0.15, -0.1) is 0 Å². The SMILES string of the molecule is O=C(Nc1cc(F)ccc1F)N1CC(=O)N2[C@@H](CO)[C@H](c3ccc(-c4cccc(F)c4)cc3)[C@@H]2C1. The Kier molecular flexibility index (Phi) is 5.94. The predicted octanol–water partition coefficient (Wildman–Crippen LogP) is 3.97. The fourth-order valence-electron chi connectivity index (χ4n) is 5.01. The molecule has 0 aliphatic carbocycles. The van der Waals surface area contributed by atoms with Crippen molar-refractivity contribution in [3.05, 3.63) is 89.7 Å². The van der Waals surface area contributed by atoms with Gasteiger partial charge in [-0.3, -0.25) is 4.79 Å². The van der Waals surface area contributed by atoms with Crippen molar-refractivity contribution in [2.45, 2.75) is 18.0 Å². The van der Waals surface area contributed by atoms with Crippen LogP contribution in [0.1, 0.15) is 11.5 Å². The number of halogens is 3. The van der Waals surface area contributed by atoms with Crippen molar-refractivity contribution in [2.75, 3.05) is 25.0 Å². The van der Waals surface area contributed by atoms with E-state index in [1.54, 1.807) is 17.0 Å². The van der Waals surface area contributed by atoms with Gasteiger partial charge in [0.05, 0.1) is 24.4 Å². The van der Waals surface area contributed by atoms with Gasteiger partial charge in [-0.05, 0) is 41.0 Å². The summed E-state index contributed by atoms with van der Waals surface area (Å²) in [6.07, 6.45) is 0. The summed E-state index contributed by atoms with van der Waals surface area (Å²) in [4.78, 5) is 28.4. The highest BCUT2D eigenvalue weighted by Gasteiger charge is 2.54. The standard InChI is InChI=1S/C26H22F3N3O3/c27-18-3-1-2-17(10-18)15-4-6-16(7-5-15)25-22-12-31(13-24(34)32(22)23(25)14-33)26(35)30-21-11-19(28)8-9-20(21)29/h1-11,22-23,25,33H,12-14H2,(H,30,35)/t22-,23-,25+/m0/s1. The first kappa shape index (κ1) is 22.9. The molecule has 0 radical (unpaired) electrons. The third-order valence-corrected chi connectivity index (χ3v) is 6.66. The monoisotopic (exact) mass is 481 g/mol. The zero-order valence-corrected chi connectivity index (χ0v) is 18.5. The Labute approximate surface area is 199 Å². The smallest absolute Gasteiger partial charge is 0.322 e. The zero-order valence-electron chi connectivity index (χ0n) is 18.5. The van der Waals surface area contributed by atoms with Crippen molar-refractivity contribution in [3.8, 4) is 11.1 Å². The number of aliphatic hydroxyl groups is 1. The molecule has 2 fully saturated rings. The molecule has 5 rings (SSSR count). The minimum absolute atomic E-state index is 0.168. The Morgan fingerprint density at radius 2 is 1.71 bits per heavy atom. The van der Waals surface area contributed by atoms with Gasteiger partial charge in [-0.1, -0.05) is 36.4 Å². The molecule has 2 N–H and O–H groups in total. The van der Waals surface area contributed by atoms with Crippen LogP contribution in [0.3, 0.4) is 0 Å². The predicted molar refractivity (Wildman–Crippen MR) is 123 cm³/mol. The summed E-state index contributed by atoms with van der Waals surface area (Å²) >= 11 is 0. The molecule has 2 saturated heterocycles. The third kappa shape index (κ3) is 4.23. The zero-order chi connectivity index (χ0) is 24.7. The Morgan fingerprint density at radius 3 is 2.43 bits per heavy atom. The summed E-state index contributed by atoms with van der Waals surface area (Å²) in [7, 11) is 0. The summed E-state index contributed by atoms with van der Waals surface area (Å²) in [5, 5.41) is 12.3. The quantitative estimate of drug-likeness (QED) is 0.592. The number of amides is 3. The largest absolute Gasteiger partial charge is 0.394 e. The van der Waals surface area contributed by atoms with Crippen LogP contribution in [0.2, 0.25) is 0 Å². The van der Waals surface area contributed by atoms with E-state index in [2.05, 4.69) is 5.32 Å². The Bertz CT molecular complexity index is 1280. The highest BCUT2D eigenvalue weighted by Crippen LogP contribution is 2.43. The number of carbonyl (C=O) groups excluding carboxylic acids is 2. The van der Waals surface area contributed by atoms with Gasteiger partial charge >= 0.3 is 6.03 Å². The van der Waals surface area contributed by atoms with Crippen LogP contribution in [0.25, 0.3) is 11.1 Å². The molecule has 0 saturated carbocycles. The summed E-state index contributed by atoms with van der Waals surface area (Å²) < 4.78 is 41.0. The highest BCUT2D eigenvalue weighted by atomic mass is 19.1. The van der Waals surface area contributed by atoms with Crippen LogP contribution < -0.4 is 5.32 Å².